The number of nitrogens with one attached hydrogen (secondary N) is 2. The molecule has 0 saturated heterocycles. The predicted octanol–water partition coefficient (Wildman–Crippen LogP) is 4.65. The van der Waals surface area contributed by atoms with Gasteiger partial charge in [-0.15, -0.1) is 11.8 Å². The molecule has 25 heavy (non-hydrogen) atoms. The van der Waals surface area contributed by atoms with Crippen LogP contribution in [0.3, 0.4) is 0 Å². The molecule has 0 aliphatic heterocycles. The number of thioether (sulfide) groups is 1. The quantitative estimate of drug-likeness (QED) is 0.642. The zero-order valence-electron chi connectivity index (χ0n) is 15.2. The normalized spacial score (nSPS) is 21.4. The van der Waals surface area contributed by atoms with Crippen molar-refractivity contribution in [3.8, 4) is 0 Å². The monoisotopic (exact) mass is 364 g/mol. The first-order chi connectivity index (χ1) is 11.9. The van der Waals surface area contributed by atoms with E-state index in [9.17, 15) is 9.59 Å². The third-order valence-electron chi connectivity index (χ3n) is 4.77. The Balaban J connectivity index is 1.85. The van der Waals surface area contributed by atoms with E-state index in [2.05, 4.69) is 30.5 Å². The molecular formula is C19H28N2O3S. The Kier molecular flexibility index (Phi) is 7.17. The van der Waals surface area contributed by atoms with E-state index in [1.165, 1.54) is 4.90 Å². The van der Waals surface area contributed by atoms with E-state index in [0.717, 1.165) is 17.7 Å². The van der Waals surface area contributed by atoms with Crippen molar-refractivity contribution < 1.29 is 14.7 Å². The van der Waals surface area contributed by atoms with E-state index < -0.39 is 5.97 Å². The molecule has 138 valence electrons. The number of benzene rings is 1. The molecule has 0 aromatic heterocycles. The topological polar surface area (TPSA) is 78.4 Å². The fourth-order valence-electron chi connectivity index (χ4n) is 2.99. The van der Waals surface area contributed by atoms with Crippen LogP contribution < -0.4 is 10.6 Å². The van der Waals surface area contributed by atoms with Crippen LogP contribution >= 0.6 is 11.8 Å². The van der Waals surface area contributed by atoms with Crippen LogP contribution in [0, 0.1) is 12.8 Å². The number of urea groups is 1. The van der Waals surface area contributed by atoms with Crippen LogP contribution in [0.1, 0.15) is 51.5 Å². The summed E-state index contributed by atoms with van der Waals surface area (Å²) >= 11 is 1.84. The summed E-state index contributed by atoms with van der Waals surface area (Å²) in [7, 11) is 0. The molecule has 2 amide bonds. The van der Waals surface area contributed by atoms with Gasteiger partial charge < -0.3 is 15.7 Å². The number of carbonyl (C=O) groups excluding carboxylic acids is 1. The Labute approximate surface area is 154 Å². The van der Waals surface area contributed by atoms with Crippen molar-refractivity contribution in [3.63, 3.8) is 0 Å². The van der Waals surface area contributed by atoms with Crippen molar-refractivity contribution in [2.75, 3.05) is 5.32 Å². The molecule has 2 rings (SSSR count). The van der Waals surface area contributed by atoms with E-state index in [1.54, 1.807) is 0 Å². The number of aliphatic carboxylic acids is 1. The van der Waals surface area contributed by atoms with Crippen LogP contribution in [0.15, 0.2) is 23.1 Å². The fraction of sp³-hybridized carbons (Fsp3) is 0.579. The molecule has 1 fully saturated rings. The van der Waals surface area contributed by atoms with Gasteiger partial charge in [0.05, 0.1) is 5.92 Å². The number of carboxylic acids is 1. The zero-order chi connectivity index (χ0) is 18.4. The lowest BCUT2D eigenvalue weighted by molar-refractivity contribution is -0.142. The maximum Gasteiger partial charge on any atom is 0.319 e. The van der Waals surface area contributed by atoms with Gasteiger partial charge in [0.15, 0.2) is 0 Å². The minimum Gasteiger partial charge on any atom is -0.481 e. The van der Waals surface area contributed by atoms with Gasteiger partial charge in [0.25, 0.3) is 0 Å². The van der Waals surface area contributed by atoms with Crippen LogP contribution in [-0.2, 0) is 4.79 Å². The Bertz CT molecular complexity index is 613. The van der Waals surface area contributed by atoms with Crippen LogP contribution in [0.4, 0.5) is 10.5 Å². The Morgan fingerprint density at radius 1 is 1.28 bits per heavy atom. The maximum atomic E-state index is 12.2. The van der Waals surface area contributed by atoms with E-state index in [0.29, 0.717) is 30.9 Å². The zero-order valence-corrected chi connectivity index (χ0v) is 16.0. The molecule has 0 spiro atoms. The fourth-order valence-corrected chi connectivity index (χ4v) is 4.02. The maximum absolute atomic E-state index is 12.2. The highest BCUT2D eigenvalue weighted by Gasteiger charge is 2.26. The molecule has 1 unspecified atom stereocenters. The largest absolute Gasteiger partial charge is 0.481 e. The van der Waals surface area contributed by atoms with Crippen LogP contribution in [0.2, 0.25) is 0 Å². The third-order valence-corrected chi connectivity index (χ3v) is 6.03. The molecule has 1 atom stereocenters. The van der Waals surface area contributed by atoms with E-state index in [1.807, 2.05) is 30.8 Å². The van der Waals surface area contributed by atoms with Crippen LogP contribution in [0.5, 0.6) is 0 Å². The average molecular weight is 365 g/mol. The van der Waals surface area contributed by atoms with Gasteiger partial charge in [0, 0.05) is 21.9 Å². The Morgan fingerprint density at radius 2 is 1.96 bits per heavy atom. The van der Waals surface area contributed by atoms with Crippen molar-refractivity contribution in [1.29, 1.82) is 0 Å². The summed E-state index contributed by atoms with van der Waals surface area (Å²) in [4.78, 5) is 24.4. The van der Waals surface area contributed by atoms with Crippen LogP contribution in [-0.4, -0.2) is 28.4 Å². The van der Waals surface area contributed by atoms with Crippen molar-refractivity contribution in [2.24, 2.45) is 5.92 Å². The molecule has 0 heterocycles. The van der Waals surface area contributed by atoms with Crippen molar-refractivity contribution >= 4 is 29.4 Å². The third kappa shape index (κ3) is 5.96. The van der Waals surface area contributed by atoms with Gasteiger partial charge in [0.1, 0.15) is 0 Å². The molecule has 1 aromatic rings. The van der Waals surface area contributed by atoms with E-state index >= 15 is 0 Å². The summed E-state index contributed by atoms with van der Waals surface area (Å²) in [5.74, 6) is -0.993. The number of aryl methyl sites for hydroxylation is 1. The highest BCUT2D eigenvalue weighted by Crippen LogP contribution is 2.29. The second-order valence-electron chi connectivity index (χ2n) is 6.80. The van der Waals surface area contributed by atoms with E-state index in [4.69, 9.17) is 5.11 Å². The SMILES string of the molecule is CCC(C)Sc1ccc(NC(=O)NC2CCC(C(=O)O)CC2)c(C)c1. The van der Waals surface area contributed by atoms with Gasteiger partial charge in [-0.1, -0.05) is 13.8 Å². The summed E-state index contributed by atoms with van der Waals surface area (Å²) in [6.45, 7) is 6.38. The summed E-state index contributed by atoms with van der Waals surface area (Å²) < 4.78 is 0. The van der Waals surface area contributed by atoms with Gasteiger partial charge in [-0.2, -0.15) is 0 Å². The second kappa shape index (κ2) is 9.13. The second-order valence-corrected chi connectivity index (χ2v) is 8.31. The molecule has 0 radical (unpaired) electrons. The van der Waals surface area contributed by atoms with Gasteiger partial charge in [-0.25, -0.2) is 4.79 Å². The number of carbonyl (C=O) groups is 2. The number of hydrogen-bond acceptors (Lipinski definition) is 3. The van der Waals surface area contributed by atoms with Gasteiger partial charge in [-0.05, 0) is 62.8 Å². The molecule has 6 heteroatoms. The molecule has 1 aliphatic rings. The molecule has 0 bridgehead atoms. The number of anilines is 1. The lowest BCUT2D eigenvalue weighted by Gasteiger charge is -2.27. The molecule has 1 saturated carbocycles. The highest BCUT2D eigenvalue weighted by atomic mass is 32.2. The van der Waals surface area contributed by atoms with Gasteiger partial charge in [0.2, 0.25) is 0 Å². The van der Waals surface area contributed by atoms with Gasteiger partial charge in [-0.3, -0.25) is 4.79 Å². The Morgan fingerprint density at radius 3 is 2.52 bits per heavy atom. The molecule has 1 aliphatic carbocycles. The predicted molar refractivity (Wildman–Crippen MR) is 102 cm³/mol. The minimum atomic E-state index is -0.728. The highest BCUT2D eigenvalue weighted by molar-refractivity contribution is 7.99. The number of hydrogen-bond donors (Lipinski definition) is 3. The lowest BCUT2D eigenvalue weighted by Crippen LogP contribution is -2.41. The molecule has 3 N–H and O–H groups in total. The van der Waals surface area contributed by atoms with Crippen molar-refractivity contribution in [2.45, 2.75) is 69.1 Å². The summed E-state index contributed by atoms with van der Waals surface area (Å²) in [6, 6.07) is 5.92. The minimum absolute atomic E-state index is 0.0520. The van der Waals surface area contributed by atoms with Crippen molar-refractivity contribution in [1.82, 2.24) is 5.32 Å². The number of carboxylic acid groups (broad SMARTS) is 1. The lowest BCUT2D eigenvalue weighted by atomic mass is 9.86. The first-order valence-electron chi connectivity index (χ1n) is 8.96. The average Bonchev–Trinajstić information content (AvgIpc) is 2.57. The first-order valence-corrected chi connectivity index (χ1v) is 9.84. The summed E-state index contributed by atoms with van der Waals surface area (Å²) in [5.41, 5.74) is 1.85. The molecule has 5 nitrogen and oxygen atoms in total. The number of amides is 2. The van der Waals surface area contributed by atoms with Crippen LogP contribution in [0.25, 0.3) is 0 Å². The summed E-state index contributed by atoms with van der Waals surface area (Å²) in [5, 5.41) is 15.5. The smallest absolute Gasteiger partial charge is 0.319 e. The standard InChI is InChI=1S/C19H28N2O3S/c1-4-13(3)25-16-9-10-17(12(2)11-16)21-19(24)20-15-7-5-14(6-8-15)18(22)23/h9-11,13-15H,4-8H2,1-3H3,(H,22,23)(H2,20,21,24). The molecular weight excluding hydrogens is 336 g/mol. The first kappa shape index (κ1) is 19.6. The van der Waals surface area contributed by atoms with Crippen molar-refractivity contribution in [3.05, 3.63) is 23.8 Å². The molecule has 1 aromatic carbocycles. The summed E-state index contributed by atoms with van der Waals surface area (Å²) in [6.07, 6.45) is 3.81. The number of rotatable bonds is 6. The van der Waals surface area contributed by atoms with E-state index in [-0.39, 0.29) is 18.0 Å². The van der Waals surface area contributed by atoms with Gasteiger partial charge >= 0.3 is 12.0 Å². The Hall–Kier alpha value is -1.69.